The molecule has 1 atom stereocenters. The zero-order chi connectivity index (χ0) is 16.7. The Bertz CT molecular complexity index is 512. The topological polar surface area (TPSA) is 75.4 Å². The van der Waals surface area contributed by atoms with Crippen LogP contribution >= 0.6 is 0 Å². The summed E-state index contributed by atoms with van der Waals surface area (Å²) in [6.07, 6.45) is 6.04. The van der Waals surface area contributed by atoms with E-state index in [1.807, 2.05) is 18.2 Å². The van der Waals surface area contributed by atoms with E-state index in [9.17, 15) is 9.59 Å². The number of carbonyl (C=O) groups is 2. The molecule has 0 aliphatic heterocycles. The SMILES string of the molecule is CN(CC(N)=O)CC(=O)N[C@H](c1ccccc1)C1CCCCC1. The van der Waals surface area contributed by atoms with E-state index in [0.717, 1.165) is 18.4 Å². The van der Waals surface area contributed by atoms with E-state index >= 15 is 0 Å². The summed E-state index contributed by atoms with van der Waals surface area (Å²) < 4.78 is 0. The highest BCUT2D eigenvalue weighted by Gasteiger charge is 2.26. The second-order valence-electron chi connectivity index (χ2n) is 6.49. The maximum Gasteiger partial charge on any atom is 0.234 e. The molecule has 5 heteroatoms. The lowest BCUT2D eigenvalue weighted by molar-refractivity contribution is -0.124. The van der Waals surface area contributed by atoms with Crippen molar-refractivity contribution < 1.29 is 9.59 Å². The molecule has 0 spiro atoms. The average Bonchev–Trinajstić information content (AvgIpc) is 2.53. The third-order valence-corrected chi connectivity index (χ3v) is 4.44. The molecule has 0 aromatic heterocycles. The predicted molar refractivity (Wildman–Crippen MR) is 90.6 cm³/mol. The molecular formula is C18H27N3O2. The number of hydrogen-bond acceptors (Lipinski definition) is 3. The van der Waals surface area contributed by atoms with E-state index in [1.165, 1.54) is 19.3 Å². The van der Waals surface area contributed by atoms with E-state index < -0.39 is 5.91 Å². The van der Waals surface area contributed by atoms with Gasteiger partial charge in [-0.2, -0.15) is 0 Å². The summed E-state index contributed by atoms with van der Waals surface area (Å²) in [6, 6.07) is 10.2. The quantitative estimate of drug-likeness (QED) is 0.806. The Balaban J connectivity index is 2.02. The molecule has 2 rings (SSSR count). The molecule has 1 aromatic carbocycles. The largest absolute Gasteiger partial charge is 0.369 e. The normalized spacial score (nSPS) is 17.0. The zero-order valence-corrected chi connectivity index (χ0v) is 13.8. The van der Waals surface area contributed by atoms with Crippen molar-refractivity contribution in [2.75, 3.05) is 20.1 Å². The Morgan fingerprint density at radius 2 is 1.83 bits per heavy atom. The molecule has 0 radical (unpaired) electrons. The summed E-state index contributed by atoms with van der Waals surface area (Å²) in [6.45, 7) is 0.270. The fourth-order valence-corrected chi connectivity index (χ4v) is 3.39. The van der Waals surface area contributed by atoms with Gasteiger partial charge in [0.05, 0.1) is 19.1 Å². The van der Waals surface area contributed by atoms with Crippen LogP contribution in [0.2, 0.25) is 0 Å². The summed E-state index contributed by atoms with van der Waals surface area (Å²) in [7, 11) is 1.72. The number of primary amides is 1. The van der Waals surface area contributed by atoms with Crippen LogP contribution in [-0.2, 0) is 9.59 Å². The van der Waals surface area contributed by atoms with Gasteiger partial charge in [-0.25, -0.2) is 0 Å². The standard InChI is InChI=1S/C18H27N3O2/c1-21(12-16(19)22)13-17(23)20-18(14-8-4-2-5-9-14)15-10-6-3-7-11-15/h2,4-5,8-9,15,18H,3,6-7,10-13H2,1H3,(H2,19,22)(H,20,23)/t18-/m1/s1. The van der Waals surface area contributed by atoms with Gasteiger partial charge in [0.15, 0.2) is 0 Å². The van der Waals surface area contributed by atoms with Crippen LogP contribution in [0.15, 0.2) is 30.3 Å². The lowest BCUT2D eigenvalue weighted by Crippen LogP contribution is -2.42. The molecule has 1 aliphatic carbocycles. The second kappa shape index (κ2) is 8.67. The van der Waals surface area contributed by atoms with Gasteiger partial charge >= 0.3 is 0 Å². The van der Waals surface area contributed by atoms with Gasteiger partial charge in [-0.05, 0) is 31.4 Å². The fraction of sp³-hybridized carbons (Fsp3) is 0.556. The summed E-state index contributed by atoms with van der Waals surface area (Å²) in [4.78, 5) is 24.9. The summed E-state index contributed by atoms with van der Waals surface area (Å²) in [5.74, 6) is -0.00286. The highest BCUT2D eigenvalue weighted by Crippen LogP contribution is 2.34. The van der Waals surface area contributed by atoms with Crippen LogP contribution in [0.3, 0.4) is 0 Å². The molecule has 0 saturated heterocycles. The minimum absolute atomic E-state index is 0.0472. The van der Waals surface area contributed by atoms with Gasteiger partial charge in [0.1, 0.15) is 0 Å². The molecule has 1 aliphatic rings. The van der Waals surface area contributed by atoms with Crippen LogP contribution < -0.4 is 11.1 Å². The number of nitrogens with two attached hydrogens (primary N) is 1. The van der Waals surface area contributed by atoms with E-state index in [-0.39, 0.29) is 25.0 Å². The molecule has 0 heterocycles. The first-order valence-electron chi connectivity index (χ1n) is 8.37. The van der Waals surface area contributed by atoms with Crippen molar-refractivity contribution in [1.29, 1.82) is 0 Å². The smallest absolute Gasteiger partial charge is 0.234 e. The van der Waals surface area contributed by atoms with Crippen LogP contribution in [0.5, 0.6) is 0 Å². The first-order valence-corrected chi connectivity index (χ1v) is 8.37. The van der Waals surface area contributed by atoms with Crippen LogP contribution in [0.4, 0.5) is 0 Å². The minimum atomic E-state index is -0.424. The minimum Gasteiger partial charge on any atom is -0.369 e. The predicted octanol–water partition coefficient (Wildman–Crippen LogP) is 1.84. The number of nitrogens with zero attached hydrogens (tertiary/aromatic N) is 1. The first-order chi connectivity index (χ1) is 11.1. The number of carbonyl (C=O) groups excluding carboxylic acids is 2. The number of likely N-dealkylation sites (N-methyl/N-ethyl adjacent to an activating group) is 1. The Morgan fingerprint density at radius 3 is 2.43 bits per heavy atom. The monoisotopic (exact) mass is 317 g/mol. The van der Waals surface area contributed by atoms with Crippen LogP contribution in [-0.4, -0.2) is 36.9 Å². The number of rotatable bonds is 7. The number of amides is 2. The summed E-state index contributed by atoms with van der Waals surface area (Å²) in [5, 5.41) is 3.17. The van der Waals surface area contributed by atoms with Crippen molar-refractivity contribution in [3.05, 3.63) is 35.9 Å². The van der Waals surface area contributed by atoms with Gasteiger partial charge in [0, 0.05) is 0 Å². The van der Waals surface area contributed by atoms with Gasteiger partial charge in [-0.15, -0.1) is 0 Å². The average molecular weight is 317 g/mol. The van der Waals surface area contributed by atoms with Gasteiger partial charge in [0.25, 0.3) is 0 Å². The number of benzene rings is 1. The third kappa shape index (κ3) is 5.67. The molecule has 5 nitrogen and oxygen atoms in total. The van der Waals surface area contributed by atoms with E-state index in [0.29, 0.717) is 5.92 Å². The van der Waals surface area contributed by atoms with E-state index in [2.05, 4.69) is 17.4 Å². The molecule has 1 aromatic rings. The van der Waals surface area contributed by atoms with Crippen molar-refractivity contribution in [2.45, 2.75) is 38.1 Å². The highest BCUT2D eigenvalue weighted by molar-refractivity contribution is 5.80. The van der Waals surface area contributed by atoms with Crippen LogP contribution in [0.1, 0.15) is 43.7 Å². The number of hydrogen-bond donors (Lipinski definition) is 2. The number of nitrogens with one attached hydrogen (secondary N) is 1. The molecule has 0 bridgehead atoms. The van der Waals surface area contributed by atoms with E-state index in [4.69, 9.17) is 5.73 Å². The Morgan fingerprint density at radius 1 is 1.17 bits per heavy atom. The molecule has 1 saturated carbocycles. The lowest BCUT2D eigenvalue weighted by atomic mass is 9.81. The zero-order valence-electron chi connectivity index (χ0n) is 13.8. The summed E-state index contributed by atoms with van der Waals surface area (Å²) >= 11 is 0. The Labute approximate surface area is 138 Å². The van der Waals surface area contributed by atoms with E-state index in [1.54, 1.807) is 11.9 Å². The van der Waals surface area contributed by atoms with Gasteiger partial charge in [-0.1, -0.05) is 49.6 Å². The van der Waals surface area contributed by atoms with Crippen molar-refractivity contribution >= 4 is 11.8 Å². The molecule has 0 unspecified atom stereocenters. The van der Waals surface area contributed by atoms with Crippen molar-refractivity contribution in [3.63, 3.8) is 0 Å². The second-order valence-corrected chi connectivity index (χ2v) is 6.49. The van der Waals surface area contributed by atoms with Gasteiger partial charge in [0.2, 0.25) is 11.8 Å². The van der Waals surface area contributed by atoms with Crippen LogP contribution in [0, 0.1) is 5.92 Å². The Hall–Kier alpha value is -1.88. The summed E-state index contributed by atoms with van der Waals surface area (Å²) in [5.41, 5.74) is 6.32. The molecule has 1 fully saturated rings. The fourth-order valence-electron chi connectivity index (χ4n) is 3.39. The first kappa shape index (κ1) is 17.5. The van der Waals surface area contributed by atoms with Crippen molar-refractivity contribution in [3.8, 4) is 0 Å². The van der Waals surface area contributed by atoms with Gasteiger partial charge in [-0.3, -0.25) is 14.5 Å². The van der Waals surface area contributed by atoms with Crippen molar-refractivity contribution in [2.24, 2.45) is 11.7 Å². The molecule has 126 valence electrons. The maximum absolute atomic E-state index is 12.4. The third-order valence-electron chi connectivity index (χ3n) is 4.44. The molecular weight excluding hydrogens is 290 g/mol. The Kier molecular flexibility index (Phi) is 6.59. The van der Waals surface area contributed by atoms with Gasteiger partial charge < -0.3 is 11.1 Å². The molecule has 23 heavy (non-hydrogen) atoms. The molecule has 2 amide bonds. The van der Waals surface area contributed by atoms with Crippen molar-refractivity contribution in [1.82, 2.24) is 10.2 Å². The van der Waals surface area contributed by atoms with Crippen LogP contribution in [0.25, 0.3) is 0 Å². The lowest BCUT2D eigenvalue weighted by Gasteiger charge is -2.32. The highest BCUT2D eigenvalue weighted by atomic mass is 16.2. The molecule has 3 N–H and O–H groups in total. The maximum atomic E-state index is 12.4.